The van der Waals surface area contributed by atoms with Gasteiger partial charge in [0, 0.05) is 11.6 Å². The van der Waals surface area contributed by atoms with Gasteiger partial charge in [0.1, 0.15) is 12.2 Å². The summed E-state index contributed by atoms with van der Waals surface area (Å²) in [5, 5.41) is 11.0. The van der Waals surface area contributed by atoms with Crippen LogP contribution >= 0.6 is 0 Å². The predicted molar refractivity (Wildman–Crippen MR) is 230 cm³/mol. The molecule has 0 unspecified atom stereocenters. The van der Waals surface area contributed by atoms with Crippen molar-refractivity contribution in [2.75, 3.05) is 0 Å². The number of rotatable bonds is 7. The molecule has 0 saturated heterocycles. The first-order valence-corrected chi connectivity index (χ1v) is 21.3. The SMILES string of the molecule is FC(F)(F)c1cc([B-](c2cc(C(F)(F)F)cc(C(F)(F)F)c2)(c2cc(C(F)(F)F)cc(C(F)(F)F)c2)c2cc(C(F)(F)F)cc(C(F)(F)F)c2)cc(C(F)(F)F)c1.N#Cc1cccc2cc[n+](CC(=O)c3ccccc3)cc12. The van der Waals surface area contributed by atoms with Gasteiger partial charge in [-0.2, -0.15) is 137 Å². The number of halogens is 24. The molecule has 0 N–H and O–H groups in total. The Hall–Kier alpha value is -7.73. The van der Waals surface area contributed by atoms with Crippen LogP contribution in [0.1, 0.15) is 60.4 Å². The van der Waals surface area contributed by atoms with E-state index >= 15 is 0 Å². The molecule has 28 heteroatoms. The molecule has 0 spiro atoms. The van der Waals surface area contributed by atoms with Gasteiger partial charge in [0.25, 0.3) is 0 Å². The number of pyridine rings is 1. The molecular weight excluding hydrogens is 1110 g/mol. The summed E-state index contributed by atoms with van der Waals surface area (Å²) in [4.78, 5) is 12.2. The number of hydrogen-bond acceptors (Lipinski definition) is 2. The highest BCUT2D eigenvalue weighted by Crippen LogP contribution is 2.41. The quantitative estimate of drug-likeness (QED) is 0.0691. The van der Waals surface area contributed by atoms with E-state index in [4.69, 9.17) is 5.26 Å². The zero-order chi connectivity index (χ0) is 58.6. The van der Waals surface area contributed by atoms with E-state index in [1.54, 1.807) is 6.07 Å². The number of nitrogens with zero attached hydrogens (tertiary/aromatic N) is 2. The van der Waals surface area contributed by atoms with Crippen molar-refractivity contribution in [2.45, 2.75) is 56.0 Å². The van der Waals surface area contributed by atoms with Crippen LogP contribution < -0.4 is 26.4 Å². The highest BCUT2D eigenvalue weighted by Gasteiger charge is 2.47. The van der Waals surface area contributed by atoms with Gasteiger partial charge in [-0.1, -0.05) is 91.0 Å². The minimum atomic E-state index is -6.13. The molecule has 7 rings (SSSR count). The molecule has 1 heterocycles. The van der Waals surface area contributed by atoms with Gasteiger partial charge >= 0.3 is 49.4 Å². The van der Waals surface area contributed by atoms with E-state index < -0.39 is 195 Å². The third-order valence-corrected chi connectivity index (χ3v) is 11.9. The number of benzene rings is 6. The Bertz CT molecular complexity index is 2970. The summed E-state index contributed by atoms with van der Waals surface area (Å²) < 4.78 is 343. The van der Waals surface area contributed by atoms with Gasteiger partial charge in [0.05, 0.1) is 55.5 Å². The fourth-order valence-electron chi connectivity index (χ4n) is 8.40. The van der Waals surface area contributed by atoms with Crippen molar-refractivity contribution in [3.05, 3.63) is 195 Å². The van der Waals surface area contributed by atoms with E-state index in [-0.39, 0.29) is 12.3 Å². The largest absolute Gasteiger partial charge is 0.416 e. The van der Waals surface area contributed by atoms with E-state index in [0.29, 0.717) is 11.1 Å². The number of Topliss-reactive ketones (excluding diaryl/α,β-unsaturated/α-hetero) is 1. The molecule has 0 saturated carbocycles. The van der Waals surface area contributed by atoms with E-state index in [9.17, 15) is 110 Å². The Morgan fingerprint density at radius 3 is 0.962 bits per heavy atom. The van der Waals surface area contributed by atoms with Gasteiger partial charge in [-0.3, -0.25) is 4.79 Å². The number of nitriles is 1. The van der Waals surface area contributed by atoms with Crippen LogP contribution in [-0.4, -0.2) is 11.9 Å². The average molecular weight is 1140 g/mol. The Morgan fingerprint density at radius 1 is 0.397 bits per heavy atom. The summed E-state index contributed by atoms with van der Waals surface area (Å²) in [6.45, 7) is 0.264. The number of alkyl halides is 24. The first kappa shape index (κ1) is 59.5. The molecule has 1 aromatic heterocycles. The normalized spacial score (nSPS) is 13.2. The molecular formula is C50H25BF24N2O. The smallest absolute Gasteiger partial charge is 0.287 e. The van der Waals surface area contributed by atoms with Gasteiger partial charge in [-0.05, 0) is 35.7 Å². The van der Waals surface area contributed by atoms with Crippen molar-refractivity contribution in [2.24, 2.45) is 0 Å². The zero-order valence-corrected chi connectivity index (χ0v) is 37.9. The molecule has 0 fully saturated rings. The summed E-state index contributed by atoms with van der Waals surface area (Å²) in [6, 6.07) is 10.1. The molecule has 0 aliphatic carbocycles. The Kier molecular flexibility index (Phi) is 15.7. The number of carbonyl (C=O) groups is 1. The van der Waals surface area contributed by atoms with Crippen LogP contribution in [0.2, 0.25) is 0 Å². The van der Waals surface area contributed by atoms with Gasteiger partial charge in [0.15, 0.2) is 12.4 Å². The summed E-state index contributed by atoms with van der Waals surface area (Å²) in [5.74, 6) is 0.0504. The number of carbonyl (C=O) groups excluding carboxylic acids is 1. The van der Waals surface area contributed by atoms with Crippen LogP contribution in [0.4, 0.5) is 105 Å². The summed E-state index contributed by atoms with van der Waals surface area (Å²) >= 11 is 0. The first-order valence-electron chi connectivity index (χ1n) is 21.3. The fourth-order valence-corrected chi connectivity index (χ4v) is 8.40. The Labute approximate surface area is 421 Å². The Balaban J connectivity index is 0.000000387. The van der Waals surface area contributed by atoms with E-state index in [1.165, 1.54) is 0 Å². The third kappa shape index (κ3) is 13.2. The maximum atomic E-state index is 14.2. The molecule has 0 radical (unpaired) electrons. The second-order valence-corrected chi connectivity index (χ2v) is 17.0. The van der Waals surface area contributed by atoms with Gasteiger partial charge < -0.3 is 0 Å². The molecule has 0 aliphatic rings. The lowest BCUT2D eigenvalue weighted by Gasteiger charge is -2.46. The summed E-state index contributed by atoms with van der Waals surface area (Å²) in [6.07, 6.45) is -51.1. The Morgan fingerprint density at radius 2 is 0.692 bits per heavy atom. The lowest BCUT2D eigenvalue weighted by molar-refractivity contribution is -0.681. The van der Waals surface area contributed by atoms with Crippen molar-refractivity contribution in [1.29, 1.82) is 5.26 Å². The van der Waals surface area contributed by atoms with Crippen LogP contribution in [0.3, 0.4) is 0 Å². The summed E-state index contributed by atoms with van der Waals surface area (Å²) in [7, 11) is 0. The maximum Gasteiger partial charge on any atom is 0.416 e. The molecule has 78 heavy (non-hydrogen) atoms. The van der Waals surface area contributed by atoms with Crippen LogP contribution in [-0.2, 0) is 56.0 Å². The molecule has 3 nitrogen and oxygen atoms in total. The average Bonchev–Trinajstić information content (AvgIpc) is 3.33. The van der Waals surface area contributed by atoms with Gasteiger partial charge in [-0.15, -0.1) is 0 Å². The monoisotopic (exact) mass is 1140 g/mol. The van der Waals surface area contributed by atoms with Crippen molar-refractivity contribution in [1.82, 2.24) is 0 Å². The predicted octanol–water partition coefficient (Wildman–Crippen LogP) is 14.1. The van der Waals surface area contributed by atoms with Crippen molar-refractivity contribution in [3.8, 4) is 6.07 Å². The third-order valence-electron chi connectivity index (χ3n) is 11.9. The number of hydrogen-bond donors (Lipinski definition) is 0. The lowest BCUT2D eigenvalue weighted by Crippen LogP contribution is -2.75. The van der Waals surface area contributed by atoms with E-state index in [0.717, 1.165) is 10.8 Å². The second kappa shape index (κ2) is 20.6. The number of ketones is 1. The number of fused-ring (bicyclic) bond motifs is 1. The highest BCUT2D eigenvalue weighted by molar-refractivity contribution is 7.20. The minimum Gasteiger partial charge on any atom is -0.287 e. The van der Waals surface area contributed by atoms with Crippen molar-refractivity contribution < 1.29 is 115 Å². The van der Waals surface area contributed by atoms with Crippen molar-refractivity contribution in [3.63, 3.8) is 0 Å². The molecule has 6 aromatic carbocycles. The molecule has 412 valence electrons. The second-order valence-electron chi connectivity index (χ2n) is 17.0. The van der Waals surface area contributed by atoms with Gasteiger partial charge in [-0.25, -0.2) is 0 Å². The van der Waals surface area contributed by atoms with E-state index in [1.807, 2.05) is 65.5 Å². The van der Waals surface area contributed by atoms with Crippen LogP contribution in [0.5, 0.6) is 0 Å². The first-order chi connectivity index (χ1) is 35.5. The molecule has 7 aromatic rings. The standard InChI is InChI=1S/C32H12BF24.C18H13N2O/c34-25(35,36)13-1-14(26(37,38)39)6-21(5-13)33(22-7-15(27(40,41)42)2-16(8-22)28(43,44)45,23-9-17(29(46,47)48)3-18(10-23)30(49,50)51)24-11-19(31(52,53)54)4-20(12-24)32(55,56)57;19-11-16-8-4-7-14-9-10-20(12-17(14)16)13-18(21)15-5-2-1-3-6-15/h1-12H;1-10,12H,13H2/q-1;+1. The van der Waals surface area contributed by atoms with Crippen molar-refractivity contribution >= 4 is 44.6 Å². The molecule has 0 amide bonds. The lowest BCUT2D eigenvalue weighted by atomic mass is 9.12. The fraction of sp³-hybridized carbons (Fsp3) is 0.180. The van der Waals surface area contributed by atoms with Crippen LogP contribution in [0, 0.1) is 11.3 Å². The summed E-state index contributed by atoms with van der Waals surface area (Å²) in [5.41, 5.74) is -28.9. The van der Waals surface area contributed by atoms with Crippen LogP contribution in [0.15, 0.2) is 140 Å². The zero-order valence-electron chi connectivity index (χ0n) is 37.9. The van der Waals surface area contributed by atoms with Crippen LogP contribution in [0.25, 0.3) is 10.8 Å². The highest BCUT2D eigenvalue weighted by atomic mass is 19.4. The van der Waals surface area contributed by atoms with E-state index in [2.05, 4.69) is 6.07 Å². The topological polar surface area (TPSA) is 44.7 Å². The molecule has 0 atom stereocenters. The minimum absolute atomic E-state index is 0.0504. The van der Waals surface area contributed by atoms with Gasteiger partial charge in [0.2, 0.25) is 12.3 Å². The molecule has 0 aliphatic heterocycles. The molecule has 0 bridgehead atoms. The maximum absolute atomic E-state index is 14.2. The number of aromatic nitrogens is 1.